The Labute approximate surface area is 95.9 Å². The summed E-state index contributed by atoms with van der Waals surface area (Å²) in [6.07, 6.45) is 2.91. The van der Waals surface area contributed by atoms with E-state index in [0.29, 0.717) is 6.42 Å². The molecule has 1 atom stereocenters. The van der Waals surface area contributed by atoms with Crippen molar-refractivity contribution >= 4 is 5.97 Å². The van der Waals surface area contributed by atoms with E-state index in [9.17, 15) is 4.79 Å². The van der Waals surface area contributed by atoms with E-state index in [-0.39, 0.29) is 12.6 Å². The fourth-order valence-electron chi connectivity index (χ4n) is 1.33. The monoisotopic (exact) mass is 219 g/mol. The maximum atomic E-state index is 11.3. The van der Waals surface area contributed by atoms with Crippen molar-refractivity contribution in [1.29, 1.82) is 0 Å². The minimum Gasteiger partial charge on any atom is -0.460 e. The molecule has 1 aromatic rings. The summed E-state index contributed by atoms with van der Waals surface area (Å²) in [5.41, 5.74) is 6.87. The first-order chi connectivity index (χ1) is 7.74. The summed E-state index contributed by atoms with van der Waals surface area (Å²) >= 11 is 0. The van der Waals surface area contributed by atoms with E-state index in [2.05, 4.69) is 6.58 Å². The lowest BCUT2D eigenvalue weighted by molar-refractivity contribution is -0.144. The molecule has 0 aliphatic carbocycles. The molecule has 0 spiro atoms. The average molecular weight is 219 g/mol. The predicted octanol–water partition coefficient (Wildman–Crippen LogP) is 1.68. The summed E-state index contributed by atoms with van der Waals surface area (Å²) in [5, 5.41) is 0. The third kappa shape index (κ3) is 4.28. The van der Waals surface area contributed by atoms with E-state index in [1.165, 1.54) is 11.6 Å². The van der Waals surface area contributed by atoms with Gasteiger partial charge in [0.1, 0.15) is 12.6 Å². The molecule has 2 N–H and O–H groups in total. The standard InChI is InChI=1S/C13H17NO2/c1-2-10-16-13(15)12(14)9-8-11-6-4-3-5-7-11/h2-7,12H,1,8-10,14H2. The number of rotatable bonds is 6. The van der Waals surface area contributed by atoms with Gasteiger partial charge in [-0.3, -0.25) is 4.79 Å². The summed E-state index contributed by atoms with van der Waals surface area (Å²) in [6, 6.07) is 9.37. The highest BCUT2D eigenvalue weighted by Crippen LogP contribution is 2.04. The van der Waals surface area contributed by atoms with Crippen LogP contribution in [0.25, 0.3) is 0 Å². The minimum absolute atomic E-state index is 0.220. The van der Waals surface area contributed by atoms with Crippen LogP contribution in [0, 0.1) is 0 Å². The Morgan fingerprint density at radius 2 is 2.12 bits per heavy atom. The molecule has 16 heavy (non-hydrogen) atoms. The first-order valence-corrected chi connectivity index (χ1v) is 5.31. The van der Waals surface area contributed by atoms with Crippen molar-refractivity contribution in [2.24, 2.45) is 5.73 Å². The summed E-state index contributed by atoms with van der Waals surface area (Å²) in [7, 11) is 0. The molecule has 0 aliphatic rings. The molecule has 0 saturated carbocycles. The first-order valence-electron chi connectivity index (χ1n) is 5.31. The Hall–Kier alpha value is -1.61. The molecule has 86 valence electrons. The lowest BCUT2D eigenvalue weighted by Gasteiger charge is -2.10. The number of ether oxygens (including phenoxy) is 1. The minimum atomic E-state index is -0.555. The van der Waals surface area contributed by atoms with E-state index < -0.39 is 6.04 Å². The van der Waals surface area contributed by atoms with Crippen molar-refractivity contribution in [3.05, 3.63) is 48.6 Å². The number of hydrogen-bond acceptors (Lipinski definition) is 3. The second-order valence-corrected chi connectivity index (χ2v) is 3.55. The smallest absolute Gasteiger partial charge is 0.323 e. The van der Waals surface area contributed by atoms with Gasteiger partial charge in [-0.05, 0) is 18.4 Å². The molecule has 0 saturated heterocycles. The summed E-state index contributed by atoms with van der Waals surface area (Å²) in [4.78, 5) is 11.3. The molecule has 0 fully saturated rings. The largest absolute Gasteiger partial charge is 0.460 e. The highest BCUT2D eigenvalue weighted by molar-refractivity contribution is 5.75. The Bertz CT molecular complexity index is 335. The third-order valence-electron chi connectivity index (χ3n) is 2.23. The van der Waals surface area contributed by atoms with Gasteiger partial charge in [-0.25, -0.2) is 0 Å². The van der Waals surface area contributed by atoms with Gasteiger partial charge in [0.15, 0.2) is 0 Å². The second-order valence-electron chi connectivity index (χ2n) is 3.55. The second kappa shape index (κ2) is 6.80. The highest BCUT2D eigenvalue weighted by Gasteiger charge is 2.13. The van der Waals surface area contributed by atoms with E-state index >= 15 is 0 Å². The zero-order valence-corrected chi connectivity index (χ0v) is 9.26. The van der Waals surface area contributed by atoms with Crippen molar-refractivity contribution < 1.29 is 9.53 Å². The van der Waals surface area contributed by atoms with E-state index in [1.807, 2.05) is 30.3 Å². The zero-order chi connectivity index (χ0) is 11.8. The van der Waals surface area contributed by atoms with Crippen LogP contribution < -0.4 is 5.73 Å². The molecular formula is C13H17NO2. The van der Waals surface area contributed by atoms with Gasteiger partial charge in [0.05, 0.1) is 0 Å². The molecule has 0 radical (unpaired) electrons. The molecule has 0 bridgehead atoms. The highest BCUT2D eigenvalue weighted by atomic mass is 16.5. The van der Waals surface area contributed by atoms with E-state index in [0.717, 1.165) is 6.42 Å². The molecule has 0 heterocycles. The van der Waals surface area contributed by atoms with Crippen LogP contribution in [-0.4, -0.2) is 18.6 Å². The Morgan fingerprint density at radius 3 is 2.75 bits per heavy atom. The quantitative estimate of drug-likeness (QED) is 0.585. The zero-order valence-electron chi connectivity index (χ0n) is 9.26. The van der Waals surface area contributed by atoms with Gasteiger partial charge in [-0.1, -0.05) is 43.0 Å². The molecule has 1 aromatic carbocycles. The molecule has 3 nitrogen and oxygen atoms in total. The molecule has 3 heteroatoms. The first kappa shape index (κ1) is 12.5. The SMILES string of the molecule is C=CCOC(=O)C(N)CCc1ccccc1. The topological polar surface area (TPSA) is 52.3 Å². The number of carbonyl (C=O) groups is 1. The Morgan fingerprint density at radius 1 is 1.44 bits per heavy atom. The van der Waals surface area contributed by atoms with Crippen LogP contribution in [0.3, 0.4) is 0 Å². The lowest BCUT2D eigenvalue weighted by atomic mass is 10.1. The van der Waals surface area contributed by atoms with Crippen molar-refractivity contribution in [1.82, 2.24) is 0 Å². The van der Waals surface area contributed by atoms with Crippen LogP contribution >= 0.6 is 0 Å². The Kier molecular flexibility index (Phi) is 5.29. The Balaban J connectivity index is 2.32. The van der Waals surface area contributed by atoms with Gasteiger partial charge in [0.2, 0.25) is 0 Å². The summed E-state index contributed by atoms with van der Waals surface area (Å²) < 4.78 is 4.86. The van der Waals surface area contributed by atoms with Gasteiger partial charge in [0, 0.05) is 0 Å². The third-order valence-corrected chi connectivity index (χ3v) is 2.23. The van der Waals surface area contributed by atoms with Crippen LogP contribution in [0.15, 0.2) is 43.0 Å². The predicted molar refractivity (Wildman–Crippen MR) is 63.9 cm³/mol. The van der Waals surface area contributed by atoms with Crippen LogP contribution in [-0.2, 0) is 16.0 Å². The molecule has 0 aliphatic heterocycles. The van der Waals surface area contributed by atoms with E-state index in [4.69, 9.17) is 10.5 Å². The number of nitrogens with two attached hydrogens (primary N) is 1. The van der Waals surface area contributed by atoms with Crippen molar-refractivity contribution in [3.63, 3.8) is 0 Å². The number of aryl methyl sites for hydroxylation is 1. The molecule has 1 unspecified atom stereocenters. The fourth-order valence-corrected chi connectivity index (χ4v) is 1.33. The number of benzene rings is 1. The molecule has 0 aromatic heterocycles. The fraction of sp³-hybridized carbons (Fsp3) is 0.308. The lowest BCUT2D eigenvalue weighted by Crippen LogP contribution is -2.32. The maximum absolute atomic E-state index is 11.3. The van der Waals surface area contributed by atoms with Gasteiger partial charge in [-0.15, -0.1) is 0 Å². The van der Waals surface area contributed by atoms with Gasteiger partial charge in [0.25, 0.3) is 0 Å². The van der Waals surface area contributed by atoms with Gasteiger partial charge in [-0.2, -0.15) is 0 Å². The van der Waals surface area contributed by atoms with Crippen LogP contribution in [0.5, 0.6) is 0 Å². The number of hydrogen-bond donors (Lipinski definition) is 1. The molecule has 0 amide bonds. The molecule has 1 rings (SSSR count). The van der Waals surface area contributed by atoms with Crippen LogP contribution in [0.2, 0.25) is 0 Å². The summed E-state index contributed by atoms with van der Waals surface area (Å²) in [5.74, 6) is -0.365. The average Bonchev–Trinajstić information content (AvgIpc) is 2.34. The van der Waals surface area contributed by atoms with Gasteiger partial charge < -0.3 is 10.5 Å². The van der Waals surface area contributed by atoms with Crippen molar-refractivity contribution in [3.8, 4) is 0 Å². The van der Waals surface area contributed by atoms with Crippen LogP contribution in [0.1, 0.15) is 12.0 Å². The van der Waals surface area contributed by atoms with E-state index in [1.54, 1.807) is 0 Å². The molecular weight excluding hydrogens is 202 g/mol. The number of esters is 1. The normalized spacial score (nSPS) is 11.8. The van der Waals surface area contributed by atoms with Crippen molar-refractivity contribution in [2.75, 3.05) is 6.61 Å². The maximum Gasteiger partial charge on any atom is 0.323 e. The van der Waals surface area contributed by atoms with Crippen molar-refractivity contribution in [2.45, 2.75) is 18.9 Å². The summed E-state index contributed by atoms with van der Waals surface area (Å²) in [6.45, 7) is 3.69. The number of carbonyl (C=O) groups excluding carboxylic acids is 1. The van der Waals surface area contributed by atoms with Crippen LogP contribution in [0.4, 0.5) is 0 Å². The van der Waals surface area contributed by atoms with Gasteiger partial charge >= 0.3 is 5.97 Å².